The Morgan fingerprint density at radius 3 is 2.38 bits per heavy atom. The van der Waals surface area contributed by atoms with Crippen LogP contribution < -0.4 is 5.32 Å². The van der Waals surface area contributed by atoms with E-state index in [1.54, 1.807) is 0 Å². The summed E-state index contributed by atoms with van der Waals surface area (Å²) >= 11 is 0. The predicted molar refractivity (Wildman–Crippen MR) is 56.9 cm³/mol. The molecule has 0 saturated carbocycles. The molecular weight excluding hydrogens is 164 g/mol. The predicted octanol–water partition coefficient (Wildman–Crippen LogP) is 0.687. The summed E-state index contributed by atoms with van der Waals surface area (Å²) < 4.78 is 0. The van der Waals surface area contributed by atoms with E-state index in [4.69, 9.17) is 0 Å². The number of nitrogens with zero attached hydrogens (tertiary/aromatic N) is 1. The third-order valence-electron chi connectivity index (χ3n) is 2.10. The van der Waals surface area contributed by atoms with E-state index in [9.17, 15) is 5.11 Å². The van der Waals surface area contributed by atoms with Gasteiger partial charge < -0.3 is 15.3 Å². The Hall–Kier alpha value is -0.120. The van der Waals surface area contributed by atoms with Crippen LogP contribution in [0.3, 0.4) is 0 Å². The zero-order valence-corrected chi connectivity index (χ0v) is 9.59. The van der Waals surface area contributed by atoms with Crippen molar-refractivity contribution in [2.75, 3.05) is 27.2 Å². The third-order valence-corrected chi connectivity index (χ3v) is 2.10. The highest BCUT2D eigenvalue weighted by Gasteiger charge is 2.21. The first-order valence-electron chi connectivity index (χ1n) is 4.98. The van der Waals surface area contributed by atoms with Gasteiger partial charge >= 0.3 is 0 Å². The fraction of sp³-hybridized carbons (Fsp3) is 1.00. The van der Waals surface area contributed by atoms with Crippen molar-refractivity contribution in [3.8, 4) is 0 Å². The largest absolute Gasteiger partial charge is 0.388 e. The monoisotopic (exact) mass is 188 g/mol. The Morgan fingerprint density at radius 1 is 1.46 bits per heavy atom. The Morgan fingerprint density at radius 2 is 2.00 bits per heavy atom. The first-order chi connectivity index (χ1) is 5.87. The van der Waals surface area contributed by atoms with Crippen molar-refractivity contribution in [2.45, 2.75) is 38.8 Å². The minimum atomic E-state index is -0.632. The van der Waals surface area contributed by atoms with Crippen LogP contribution in [0, 0.1) is 0 Å². The Labute approximate surface area is 82.1 Å². The van der Waals surface area contributed by atoms with E-state index >= 15 is 0 Å². The third kappa shape index (κ3) is 6.99. The topological polar surface area (TPSA) is 35.5 Å². The second kappa shape index (κ2) is 5.58. The molecule has 2 unspecified atom stereocenters. The van der Waals surface area contributed by atoms with Gasteiger partial charge in [-0.3, -0.25) is 0 Å². The molecule has 0 radical (unpaired) electrons. The maximum Gasteiger partial charge on any atom is 0.0869 e. The number of aliphatic hydroxyl groups is 1. The van der Waals surface area contributed by atoms with Gasteiger partial charge in [0, 0.05) is 19.1 Å². The number of nitrogens with one attached hydrogen (secondary N) is 1. The van der Waals surface area contributed by atoms with Crippen molar-refractivity contribution in [3.63, 3.8) is 0 Å². The average Bonchev–Trinajstić information content (AvgIpc) is 1.98. The smallest absolute Gasteiger partial charge is 0.0869 e. The first-order valence-corrected chi connectivity index (χ1v) is 4.98. The number of likely N-dealkylation sites (N-methyl/N-ethyl adjacent to an activating group) is 1. The second-order valence-electron chi connectivity index (χ2n) is 4.42. The van der Waals surface area contributed by atoms with Crippen LogP contribution in [0.4, 0.5) is 0 Å². The summed E-state index contributed by atoms with van der Waals surface area (Å²) in [7, 11) is 3.94. The lowest BCUT2D eigenvalue weighted by molar-refractivity contribution is 0.0317. The van der Waals surface area contributed by atoms with E-state index in [1.807, 2.05) is 25.9 Å². The molecule has 0 fully saturated rings. The van der Waals surface area contributed by atoms with E-state index in [0.717, 1.165) is 6.42 Å². The molecule has 2 atom stereocenters. The molecule has 0 aromatic rings. The van der Waals surface area contributed by atoms with Gasteiger partial charge in [-0.05, 0) is 34.4 Å². The fourth-order valence-electron chi connectivity index (χ4n) is 1.28. The van der Waals surface area contributed by atoms with Gasteiger partial charge in [-0.15, -0.1) is 0 Å². The van der Waals surface area contributed by atoms with Crippen molar-refractivity contribution >= 4 is 0 Å². The first kappa shape index (κ1) is 12.9. The van der Waals surface area contributed by atoms with E-state index in [2.05, 4.69) is 19.2 Å². The van der Waals surface area contributed by atoms with Gasteiger partial charge in [-0.2, -0.15) is 0 Å². The SMILES string of the molecule is CCC(C)NCC(C)(O)CN(C)C. The average molecular weight is 188 g/mol. The van der Waals surface area contributed by atoms with Crippen molar-refractivity contribution in [1.29, 1.82) is 0 Å². The standard InChI is InChI=1S/C10H24N2O/c1-6-9(2)11-7-10(3,13)8-12(4)5/h9,11,13H,6-8H2,1-5H3. The Bertz CT molecular complexity index is 135. The highest BCUT2D eigenvalue weighted by Crippen LogP contribution is 2.03. The summed E-state index contributed by atoms with van der Waals surface area (Å²) in [4.78, 5) is 2.00. The molecule has 0 aromatic carbocycles. The molecule has 3 heteroatoms. The number of hydrogen-bond donors (Lipinski definition) is 2. The molecular formula is C10H24N2O. The van der Waals surface area contributed by atoms with Gasteiger partial charge in [-0.1, -0.05) is 6.92 Å². The Kier molecular flexibility index (Phi) is 5.53. The quantitative estimate of drug-likeness (QED) is 0.643. The summed E-state index contributed by atoms with van der Waals surface area (Å²) in [5, 5.41) is 13.2. The normalized spacial score (nSPS) is 18.7. The summed E-state index contributed by atoms with van der Waals surface area (Å²) in [6, 6.07) is 0.480. The zero-order chi connectivity index (χ0) is 10.5. The molecule has 13 heavy (non-hydrogen) atoms. The summed E-state index contributed by atoms with van der Waals surface area (Å²) in [5.74, 6) is 0. The molecule has 0 aromatic heterocycles. The minimum Gasteiger partial charge on any atom is -0.388 e. The summed E-state index contributed by atoms with van der Waals surface area (Å²) in [5.41, 5.74) is -0.632. The van der Waals surface area contributed by atoms with Crippen LogP contribution in [-0.4, -0.2) is 48.8 Å². The molecule has 0 aliphatic heterocycles. The second-order valence-corrected chi connectivity index (χ2v) is 4.42. The van der Waals surface area contributed by atoms with Crippen molar-refractivity contribution < 1.29 is 5.11 Å². The molecule has 2 N–H and O–H groups in total. The van der Waals surface area contributed by atoms with E-state index in [1.165, 1.54) is 0 Å². The Balaban J connectivity index is 3.74. The van der Waals surface area contributed by atoms with E-state index in [-0.39, 0.29) is 0 Å². The molecule has 0 aliphatic rings. The van der Waals surface area contributed by atoms with Crippen LogP contribution in [0.1, 0.15) is 27.2 Å². The molecule has 0 aliphatic carbocycles. The lowest BCUT2D eigenvalue weighted by Gasteiger charge is -2.28. The summed E-state index contributed by atoms with van der Waals surface area (Å²) in [6.07, 6.45) is 1.10. The molecule has 0 spiro atoms. The van der Waals surface area contributed by atoms with Crippen molar-refractivity contribution in [1.82, 2.24) is 10.2 Å². The highest BCUT2D eigenvalue weighted by atomic mass is 16.3. The fourth-order valence-corrected chi connectivity index (χ4v) is 1.28. The lowest BCUT2D eigenvalue weighted by atomic mass is 10.1. The number of rotatable bonds is 6. The van der Waals surface area contributed by atoms with Crippen LogP contribution in [0.5, 0.6) is 0 Å². The van der Waals surface area contributed by atoms with Gasteiger partial charge in [0.2, 0.25) is 0 Å². The maximum absolute atomic E-state index is 9.93. The van der Waals surface area contributed by atoms with Crippen LogP contribution in [0.2, 0.25) is 0 Å². The van der Waals surface area contributed by atoms with E-state index in [0.29, 0.717) is 19.1 Å². The number of hydrogen-bond acceptors (Lipinski definition) is 3. The minimum absolute atomic E-state index is 0.480. The van der Waals surface area contributed by atoms with Gasteiger partial charge in [0.05, 0.1) is 5.60 Å². The van der Waals surface area contributed by atoms with Crippen LogP contribution >= 0.6 is 0 Å². The van der Waals surface area contributed by atoms with Crippen LogP contribution in [0.15, 0.2) is 0 Å². The van der Waals surface area contributed by atoms with Crippen LogP contribution in [0.25, 0.3) is 0 Å². The summed E-state index contributed by atoms with van der Waals surface area (Å²) in [6.45, 7) is 7.48. The highest BCUT2D eigenvalue weighted by molar-refractivity contribution is 4.79. The molecule has 0 bridgehead atoms. The molecule has 80 valence electrons. The molecule has 0 heterocycles. The van der Waals surface area contributed by atoms with Gasteiger partial charge in [0.15, 0.2) is 0 Å². The van der Waals surface area contributed by atoms with Crippen molar-refractivity contribution in [3.05, 3.63) is 0 Å². The maximum atomic E-state index is 9.93. The molecule has 0 saturated heterocycles. The van der Waals surface area contributed by atoms with E-state index < -0.39 is 5.60 Å². The van der Waals surface area contributed by atoms with Crippen molar-refractivity contribution in [2.24, 2.45) is 0 Å². The van der Waals surface area contributed by atoms with Gasteiger partial charge in [0.25, 0.3) is 0 Å². The zero-order valence-electron chi connectivity index (χ0n) is 9.59. The molecule has 0 rings (SSSR count). The van der Waals surface area contributed by atoms with Gasteiger partial charge in [-0.25, -0.2) is 0 Å². The lowest BCUT2D eigenvalue weighted by Crippen LogP contribution is -2.47. The van der Waals surface area contributed by atoms with Gasteiger partial charge in [0.1, 0.15) is 0 Å². The van der Waals surface area contributed by atoms with Crippen LogP contribution in [-0.2, 0) is 0 Å². The molecule has 3 nitrogen and oxygen atoms in total. The molecule has 0 amide bonds.